The molecule has 2 nitrogen and oxygen atoms in total. The predicted molar refractivity (Wildman–Crippen MR) is 50.6 cm³/mol. The van der Waals surface area contributed by atoms with E-state index in [9.17, 15) is 17.6 Å². The molecule has 0 spiro atoms. The van der Waals surface area contributed by atoms with Gasteiger partial charge in [0.2, 0.25) is 0 Å². The summed E-state index contributed by atoms with van der Waals surface area (Å²) in [6, 6.07) is 5.00. The molecule has 0 aliphatic heterocycles. The van der Waals surface area contributed by atoms with E-state index in [2.05, 4.69) is 4.74 Å². The Balaban J connectivity index is 2.86. The Hall–Kier alpha value is -1.30. The Morgan fingerprint density at radius 3 is 2.44 bits per heavy atom. The molecule has 0 aliphatic rings. The first-order valence-corrected chi connectivity index (χ1v) is 4.53. The predicted octanol–water partition coefficient (Wildman–Crippen LogP) is 2.94. The maximum absolute atomic E-state index is 12.6. The van der Waals surface area contributed by atoms with Crippen LogP contribution in [-0.2, 0) is 0 Å². The van der Waals surface area contributed by atoms with Gasteiger partial charge in [0.15, 0.2) is 0 Å². The molecule has 2 N–H and O–H groups in total. The Kier molecular flexibility index (Phi) is 3.74. The molecule has 0 heterocycles. The second kappa shape index (κ2) is 4.69. The van der Waals surface area contributed by atoms with Crippen molar-refractivity contribution in [2.75, 3.05) is 0 Å². The molecule has 90 valence electrons. The molecule has 16 heavy (non-hydrogen) atoms. The minimum absolute atomic E-state index is 0.333. The van der Waals surface area contributed by atoms with Crippen LogP contribution in [0.1, 0.15) is 18.5 Å². The summed E-state index contributed by atoms with van der Waals surface area (Å²) in [5.74, 6) is -0.333. The summed E-state index contributed by atoms with van der Waals surface area (Å²) in [6.45, 7) is 1.64. The minimum atomic E-state index is -4.49. The Morgan fingerprint density at radius 1 is 1.31 bits per heavy atom. The van der Waals surface area contributed by atoms with Gasteiger partial charge in [0.1, 0.15) is 5.75 Å². The number of halogens is 4. The number of rotatable bonds is 4. The monoisotopic (exact) mass is 237 g/mol. The molecule has 0 saturated heterocycles. The second-order valence-corrected chi connectivity index (χ2v) is 3.33. The number of hydrogen-bond acceptors (Lipinski definition) is 2. The topological polar surface area (TPSA) is 35.2 Å². The van der Waals surface area contributed by atoms with Crippen molar-refractivity contribution in [2.45, 2.75) is 25.5 Å². The van der Waals surface area contributed by atoms with E-state index in [4.69, 9.17) is 5.73 Å². The van der Waals surface area contributed by atoms with Crippen LogP contribution in [0.3, 0.4) is 0 Å². The summed E-state index contributed by atoms with van der Waals surface area (Å²) in [6.07, 6.45) is -8.36. The summed E-state index contributed by atoms with van der Waals surface area (Å²) >= 11 is 0. The zero-order chi connectivity index (χ0) is 12.3. The number of nitrogens with two attached hydrogens (primary N) is 1. The number of hydrogen-bond donors (Lipinski definition) is 1. The van der Waals surface area contributed by atoms with Gasteiger partial charge >= 0.3 is 12.5 Å². The molecule has 0 aliphatic carbocycles. The third-order valence-corrected chi connectivity index (χ3v) is 1.89. The highest BCUT2D eigenvalue weighted by Gasteiger charge is 2.43. The van der Waals surface area contributed by atoms with Crippen LogP contribution < -0.4 is 10.5 Å². The standard InChI is InChI=1S/C10H11F4NO/c1-6(15)7-3-2-4-8(5-7)16-10(13,14)9(11)12/h2-6,9H,15H2,1H3. The third kappa shape index (κ3) is 3.10. The van der Waals surface area contributed by atoms with Crippen molar-refractivity contribution in [1.29, 1.82) is 0 Å². The molecule has 1 unspecified atom stereocenters. The lowest BCUT2D eigenvalue weighted by Crippen LogP contribution is -2.33. The van der Waals surface area contributed by atoms with Crippen LogP contribution >= 0.6 is 0 Å². The quantitative estimate of drug-likeness (QED) is 0.817. The molecule has 0 radical (unpaired) electrons. The zero-order valence-corrected chi connectivity index (χ0v) is 8.46. The molecule has 0 aromatic heterocycles. The van der Waals surface area contributed by atoms with E-state index < -0.39 is 12.5 Å². The van der Waals surface area contributed by atoms with Gasteiger partial charge in [0.25, 0.3) is 0 Å². The third-order valence-electron chi connectivity index (χ3n) is 1.89. The highest BCUT2D eigenvalue weighted by atomic mass is 19.3. The molecule has 1 atom stereocenters. The summed E-state index contributed by atoms with van der Waals surface area (Å²) in [7, 11) is 0. The molecule has 0 fully saturated rings. The van der Waals surface area contributed by atoms with Gasteiger partial charge in [0, 0.05) is 6.04 Å². The van der Waals surface area contributed by atoms with Crippen LogP contribution in [0.2, 0.25) is 0 Å². The molecule has 1 aromatic rings. The van der Waals surface area contributed by atoms with Crippen LogP contribution in [0, 0.1) is 0 Å². The smallest absolute Gasteiger partial charge is 0.428 e. The average molecular weight is 237 g/mol. The molecule has 1 rings (SSSR count). The van der Waals surface area contributed by atoms with E-state index in [0.717, 1.165) is 0 Å². The van der Waals surface area contributed by atoms with E-state index in [1.807, 2.05) is 0 Å². The van der Waals surface area contributed by atoms with Gasteiger partial charge < -0.3 is 10.5 Å². The van der Waals surface area contributed by atoms with Crippen LogP contribution in [0.15, 0.2) is 24.3 Å². The summed E-state index contributed by atoms with van der Waals surface area (Å²) in [4.78, 5) is 0. The summed E-state index contributed by atoms with van der Waals surface area (Å²) in [5, 5.41) is 0. The highest BCUT2D eigenvalue weighted by molar-refractivity contribution is 5.30. The van der Waals surface area contributed by atoms with Gasteiger partial charge in [-0.25, -0.2) is 0 Å². The minimum Gasteiger partial charge on any atom is -0.428 e. The average Bonchev–Trinajstić information content (AvgIpc) is 2.17. The normalized spacial score (nSPS) is 13.9. The molecule has 0 amide bonds. The molecule has 6 heteroatoms. The van der Waals surface area contributed by atoms with Gasteiger partial charge in [-0.1, -0.05) is 12.1 Å². The van der Waals surface area contributed by atoms with Crippen molar-refractivity contribution in [3.63, 3.8) is 0 Å². The second-order valence-electron chi connectivity index (χ2n) is 3.33. The lowest BCUT2D eigenvalue weighted by Gasteiger charge is -2.17. The van der Waals surface area contributed by atoms with Crippen molar-refractivity contribution >= 4 is 0 Å². The molecule has 1 aromatic carbocycles. The Bertz CT molecular complexity index is 354. The van der Waals surface area contributed by atoms with Gasteiger partial charge in [-0.2, -0.15) is 17.6 Å². The first kappa shape index (κ1) is 12.8. The fourth-order valence-electron chi connectivity index (χ4n) is 1.06. The number of benzene rings is 1. The molecule has 0 bridgehead atoms. The number of alkyl halides is 4. The first-order chi connectivity index (χ1) is 7.33. The maximum atomic E-state index is 12.6. The van der Waals surface area contributed by atoms with E-state index in [-0.39, 0.29) is 11.8 Å². The van der Waals surface area contributed by atoms with Gasteiger partial charge in [-0.05, 0) is 24.6 Å². The van der Waals surface area contributed by atoms with Crippen molar-refractivity contribution in [2.24, 2.45) is 5.73 Å². The molecule has 0 saturated carbocycles. The highest BCUT2D eigenvalue weighted by Crippen LogP contribution is 2.28. The first-order valence-electron chi connectivity index (χ1n) is 4.53. The Morgan fingerprint density at radius 2 is 1.94 bits per heavy atom. The van der Waals surface area contributed by atoms with Crippen molar-refractivity contribution in [1.82, 2.24) is 0 Å². The van der Waals surface area contributed by atoms with Crippen LogP contribution in [0.25, 0.3) is 0 Å². The largest absolute Gasteiger partial charge is 0.461 e. The fraction of sp³-hybridized carbons (Fsp3) is 0.400. The van der Waals surface area contributed by atoms with Crippen molar-refractivity contribution in [3.05, 3.63) is 29.8 Å². The van der Waals surface area contributed by atoms with E-state index in [1.165, 1.54) is 18.2 Å². The Labute approximate surface area is 90.0 Å². The van der Waals surface area contributed by atoms with Gasteiger partial charge in [0.05, 0.1) is 0 Å². The lowest BCUT2D eigenvalue weighted by atomic mass is 10.1. The molecular weight excluding hydrogens is 226 g/mol. The van der Waals surface area contributed by atoms with Crippen LogP contribution in [0.5, 0.6) is 5.75 Å². The SMILES string of the molecule is CC(N)c1cccc(OC(F)(F)C(F)F)c1. The fourth-order valence-corrected chi connectivity index (χ4v) is 1.06. The van der Waals surface area contributed by atoms with E-state index >= 15 is 0 Å². The lowest BCUT2D eigenvalue weighted by molar-refractivity contribution is -0.253. The van der Waals surface area contributed by atoms with E-state index in [1.54, 1.807) is 13.0 Å². The van der Waals surface area contributed by atoms with Gasteiger partial charge in [-0.15, -0.1) is 0 Å². The maximum Gasteiger partial charge on any atom is 0.461 e. The van der Waals surface area contributed by atoms with E-state index in [0.29, 0.717) is 5.56 Å². The van der Waals surface area contributed by atoms with Crippen LogP contribution in [-0.4, -0.2) is 12.5 Å². The van der Waals surface area contributed by atoms with Crippen molar-refractivity contribution in [3.8, 4) is 5.75 Å². The van der Waals surface area contributed by atoms with Crippen molar-refractivity contribution < 1.29 is 22.3 Å². The van der Waals surface area contributed by atoms with Gasteiger partial charge in [-0.3, -0.25) is 0 Å². The zero-order valence-electron chi connectivity index (χ0n) is 8.46. The van der Waals surface area contributed by atoms with Crippen LogP contribution in [0.4, 0.5) is 17.6 Å². The summed E-state index contributed by atoms with van der Waals surface area (Å²) in [5.41, 5.74) is 6.05. The number of ether oxygens (including phenoxy) is 1. The molecular formula is C10H11F4NO. The summed E-state index contributed by atoms with van der Waals surface area (Å²) < 4.78 is 52.8.